The van der Waals surface area contributed by atoms with Crippen LogP contribution in [-0.4, -0.2) is 38.8 Å². The van der Waals surface area contributed by atoms with E-state index in [1.807, 2.05) is 4.57 Å². The van der Waals surface area contributed by atoms with Gasteiger partial charge in [0.05, 0.1) is 18.5 Å². The number of ether oxygens (including phenoxy) is 2. The van der Waals surface area contributed by atoms with Gasteiger partial charge in [0, 0.05) is 13.5 Å². The van der Waals surface area contributed by atoms with Crippen molar-refractivity contribution < 1.29 is 9.47 Å². The van der Waals surface area contributed by atoms with Gasteiger partial charge in [0.2, 0.25) is 0 Å². The second-order valence-corrected chi connectivity index (χ2v) is 4.63. The quantitative estimate of drug-likeness (QED) is 0.892. The molecular formula is C12H17N5O2. The van der Waals surface area contributed by atoms with Crippen molar-refractivity contribution in [2.24, 2.45) is 0 Å². The van der Waals surface area contributed by atoms with Gasteiger partial charge in [-0.15, -0.1) is 0 Å². The first-order chi connectivity index (χ1) is 9.24. The molecular weight excluding hydrogens is 246 g/mol. The first kappa shape index (κ1) is 12.3. The predicted octanol–water partition coefficient (Wildman–Crippen LogP) is 1.12. The smallest absolute Gasteiger partial charge is 0.167 e. The van der Waals surface area contributed by atoms with Crippen LogP contribution in [-0.2, 0) is 9.47 Å². The lowest BCUT2D eigenvalue weighted by atomic mass is 10.1. The molecule has 1 fully saturated rings. The molecule has 1 aliphatic heterocycles. The van der Waals surface area contributed by atoms with Crippen LogP contribution >= 0.6 is 0 Å². The number of nitrogens with two attached hydrogens (primary N) is 1. The maximum Gasteiger partial charge on any atom is 0.167 e. The zero-order valence-electron chi connectivity index (χ0n) is 11.0. The second-order valence-electron chi connectivity index (χ2n) is 4.63. The Balaban J connectivity index is 1.95. The Morgan fingerprint density at radius 3 is 3.00 bits per heavy atom. The van der Waals surface area contributed by atoms with E-state index >= 15 is 0 Å². The lowest BCUT2D eigenvalue weighted by Gasteiger charge is -2.14. The Kier molecular flexibility index (Phi) is 3.08. The Morgan fingerprint density at radius 2 is 2.32 bits per heavy atom. The minimum atomic E-state index is -0.116. The van der Waals surface area contributed by atoms with Crippen LogP contribution in [0.2, 0.25) is 0 Å². The fourth-order valence-electron chi connectivity index (χ4n) is 2.56. The molecule has 2 aromatic rings. The Labute approximate surface area is 110 Å². The monoisotopic (exact) mass is 263 g/mol. The molecule has 0 saturated carbocycles. The van der Waals surface area contributed by atoms with Gasteiger partial charge in [-0.25, -0.2) is 15.0 Å². The standard InChI is InChI=1S/C12H17N5O2/c1-3-7-8(18-2)4-9(19-7)17-6-16-10-11(13)14-5-15-12(10)17/h5-9H,3-4H2,1-2H3,(H2,13,14,15). The maximum atomic E-state index is 6.00. The van der Waals surface area contributed by atoms with Crippen LogP contribution in [0.1, 0.15) is 26.0 Å². The van der Waals surface area contributed by atoms with E-state index in [1.165, 1.54) is 6.33 Å². The first-order valence-electron chi connectivity index (χ1n) is 6.35. The average Bonchev–Trinajstić information content (AvgIpc) is 3.02. The summed E-state index contributed by atoms with van der Waals surface area (Å²) in [6.45, 7) is 2.09. The average molecular weight is 263 g/mol. The van der Waals surface area contributed by atoms with Crippen molar-refractivity contribution in [3.8, 4) is 0 Å². The number of nitrogen functional groups attached to an aromatic ring is 1. The van der Waals surface area contributed by atoms with Crippen LogP contribution in [0.15, 0.2) is 12.7 Å². The molecule has 0 amide bonds. The van der Waals surface area contributed by atoms with Crippen LogP contribution in [0, 0.1) is 0 Å². The van der Waals surface area contributed by atoms with E-state index < -0.39 is 0 Å². The first-order valence-corrected chi connectivity index (χ1v) is 6.35. The third kappa shape index (κ3) is 1.95. The second kappa shape index (κ2) is 4.75. The molecule has 3 atom stereocenters. The lowest BCUT2D eigenvalue weighted by molar-refractivity contribution is -0.0273. The Hall–Kier alpha value is -1.73. The third-order valence-electron chi connectivity index (χ3n) is 3.58. The van der Waals surface area contributed by atoms with Gasteiger partial charge in [-0.1, -0.05) is 6.92 Å². The van der Waals surface area contributed by atoms with Crippen LogP contribution in [0.4, 0.5) is 5.82 Å². The maximum absolute atomic E-state index is 6.00. The summed E-state index contributed by atoms with van der Waals surface area (Å²) in [7, 11) is 1.71. The topological polar surface area (TPSA) is 88.1 Å². The van der Waals surface area contributed by atoms with E-state index in [0.717, 1.165) is 12.8 Å². The number of fused-ring (bicyclic) bond motifs is 1. The van der Waals surface area contributed by atoms with Crippen molar-refractivity contribution in [2.45, 2.75) is 38.2 Å². The van der Waals surface area contributed by atoms with Gasteiger partial charge in [0.15, 0.2) is 11.5 Å². The number of nitrogens with zero attached hydrogens (tertiary/aromatic N) is 4. The molecule has 1 aliphatic rings. The largest absolute Gasteiger partial charge is 0.382 e. The summed E-state index contributed by atoms with van der Waals surface area (Å²) >= 11 is 0. The number of rotatable bonds is 3. The van der Waals surface area contributed by atoms with E-state index in [0.29, 0.717) is 17.0 Å². The molecule has 3 heterocycles. The molecule has 3 unspecified atom stereocenters. The summed E-state index contributed by atoms with van der Waals surface area (Å²) in [6.07, 6.45) is 4.93. The zero-order valence-corrected chi connectivity index (χ0v) is 11.0. The van der Waals surface area contributed by atoms with Gasteiger partial charge in [0.25, 0.3) is 0 Å². The van der Waals surface area contributed by atoms with Gasteiger partial charge in [-0.05, 0) is 6.42 Å². The molecule has 7 nitrogen and oxygen atoms in total. The van der Waals surface area contributed by atoms with Gasteiger partial charge < -0.3 is 15.2 Å². The highest BCUT2D eigenvalue weighted by molar-refractivity contribution is 5.81. The molecule has 2 N–H and O–H groups in total. The molecule has 102 valence electrons. The number of anilines is 1. The summed E-state index contributed by atoms with van der Waals surface area (Å²) in [5, 5.41) is 0. The molecule has 0 bridgehead atoms. The van der Waals surface area contributed by atoms with E-state index in [9.17, 15) is 0 Å². The van der Waals surface area contributed by atoms with Gasteiger partial charge in [0.1, 0.15) is 18.1 Å². The fourth-order valence-corrected chi connectivity index (χ4v) is 2.56. The normalized spacial score (nSPS) is 27.2. The predicted molar refractivity (Wildman–Crippen MR) is 69.4 cm³/mol. The number of hydrogen-bond acceptors (Lipinski definition) is 6. The molecule has 0 radical (unpaired) electrons. The summed E-state index contributed by atoms with van der Waals surface area (Å²) in [5.74, 6) is 0.386. The number of hydrogen-bond donors (Lipinski definition) is 1. The third-order valence-corrected chi connectivity index (χ3v) is 3.58. The van der Waals surface area contributed by atoms with Crippen molar-refractivity contribution in [2.75, 3.05) is 12.8 Å². The highest BCUT2D eigenvalue weighted by Crippen LogP contribution is 2.33. The van der Waals surface area contributed by atoms with Gasteiger partial charge in [-0.3, -0.25) is 4.57 Å². The van der Waals surface area contributed by atoms with Crippen molar-refractivity contribution >= 4 is 17.0 Å². The molecule has 0 aromatic carbocycles. The summed E-state index contributed by atoms with van der Waals surface area (Å²) in [6, 6.07) is 0. The van der Waals surface area contributed by atoms with Crippen LogP contribution in [0.5, 0.6) is 0 Å². The molecule has 3 rings (SSSR count). The molecule has 0 aliphatic carbocycles. The molecule has 19 heavy (non-hydrogen) atoms. The lowest BCUT2D eigenvalue weighted by Crippen LogP contribution is -2.21. The van der Waals surface area contributed by atoms with Crippen LogP contribution in [0.3, 0.4) is 0 Å². The summed E-state index contributed by atoms with van der Waals surface area (Å²) < 4.78 is 13.4. The summed E-state index contributed by atoms with van der Waals surface area (Å²) in [4.78, 5) is 12.4. The molecule has 0 spiro atoms. The number of imidazole rings is 1. The molecule has 7 heteroatoms. The van der Waals surface area contributed by atoms with Crippen LogP contribution < -0.4 is 5.73 Å². The van der Waals surface area contributed by atoms with Crippen molar-refractivity contribution in [3.63, 3.8) is 0 Å². The van der Waals surface area contributed by atoms with Gasteiger partial charge in [-0.2, -0.15) is 0 Å². The Bertz CT molecular complexity index is 573. The van der Waals surface area contributed by atoms with Crippen molar-refractivity contribution in [1.29, 1.82) is 0 Å². The number of methoxy groups -OCH3 is 1. The van der Waals surface area contributed by atoms with Crippen molar-refractivity contribution in [1.82, 2.24) is 19.5 Å². The zero-order chi connectivity index (χ0) is 13.4. The SMILES string of the molecule is CCC1OC(n2cnc3c(N)ncnc32)CC1OC. The minimum Gasteiger partial charge on any atom is -0.382 e. The fraction of sp³-hybridized carbons (Fsp3) is 0.583. The van der Waals surface area contributed by atoms with Crippen molar-refractivity contribution in [3.05, 3.63) is 12.7 Å². The molecule has 1 saturated heterocycles. The van der Waals surface area contributed by atoms with E-state index in [-0.39, 0.29) is 18.4 Å². The molecule has 2 aromatic heterocycles. The Morgan fingerprint density at radius 1 is 1.47 bits per heavy atom. The number of aromatic nitrogens is 4. The van der Waals surface area contributed by atoms with Gasteiger partial charge >= 0.3 is 0 Å². The van der Waals surface area contributed by atoms with E-state index in [4.69, 9.17) is 15.2 Å². The highest BCUT2D eigenvalue weighted by atomic mass is 16.6. The minimum absolute atomic E-state index is 0.103. The van der Waals surface area contributed by atoms with E-state index in [2.05, 4.69) is 21.9 Å². The summed E-state index contributed by atoms with van der Waals surface area (Å²) in [5.41, 5.74) is 7.09. The van der Waals surface area contributed by atoms with E-state index in [1.54, 1.807) is 13.4 Å². The highest BCUT2D eigenvalue weighted by Gasteiger charge is 2.35. The van der Waals surface area contributed by atoms with Crippen LogP contribution in [0.25, 0.3) is 11.2 Å².